The van der Waals surface area contributed by atoms with Gasteiger partial charge >= 0.3 is 12.0 Å². The Morgan fingerprint density at radius 1 is 1.20 bits per heavy atom. The largest absolute Gasteiger partial charge is 0.497 e. The second-order valence-electron chi connectivity index (χ2n) is 7.59. The zero-order valence-electron chi connectivity index (χ0n) is 17.4. The van der Waals surface area contributed by atoms with E-state index in [1.165, 1.54) is 20.3 Å². The van der Waals surface area contributed by atoms with E-state index in [0.717, 1.165) is 24.2 Å². The zero-order chi connectivity index (χ0) is 21.9. The van der Waals surface area contributed by atoms with Gasteiger partial charge in [-0.05, 0) is 30.9 Å². The SMILES string of the molecule is COc1ccc(C(=O)COC(=O)CN2C(=O)N[C@@]3(CCCC[C@H]3C)C2=O)c(OC)c1. The molecule has 2 atom stereocenters. The number of rotatable bonds is 7. The molecule has 1 N–H and O–H groups in total. The van der Waals surface area contributed by atoms with E-state index in [1.807, 2.05) is 6.92 Å². The van der Waals surface area contributed by atoms with Gasteiger partial charge in [-0.25, -0.2) is 4.79 Å². The number of imide groups is 1. The molecule has 2 fully saturated rings. The van der Waals surface area contributed by atoms with Crippen LogP contribution in [0.5, 0.6) is 11.5 Å². The molecule has 9 nitrogen and oxygen atoms in total. The van der Waals surface area contributed by atoms with E-state index in [-0.39, 0.29) is 17.2 Å². The molecule has 9 heteroatoms. The maximum atomic E-state index is 12.9. The monoisotopic (exact) mass is 418 g/mol. The molecule has 1 saturated carbocycles. The van der Waals surface area contributed by atoms with Crippen LogP contribution < -0.4 is 14.8 Å². The second-order valence-corrected chi connectivity index (χ2v) is 7.59. The number of carbonyl (C=O) groups excluding carboxylic acids is 4. The van der Waals surface area contributed by atoms with Crippen LogP contribution >= 0.6 is 0 Å². The fourth-order valence-electron chi connectivity index (χ4n) is 4.07. The van der Waals surface area contributed by atoms with Gasteiger partial charge in [-0.15, -0.1) is 0 Å². The molecule has 1 aromatic carbocycles. The molecule has 3 amide bonds. The summed E-state index contributed by atoms with van der Waals surface area (Å²) in [7, 11) is 2.91. The summed E-state index contributed by atoms with van der Waals surface area (Å²) in [5.41, 5.74) is -0.710. The highest BCUT2D eigenvalue weighted by Gasteiger charge is 2.55. The van der Waals surface area contributed by atoms with Gasteiger partial charge in [0.15, 0.2) is 6.61 Å². The van der Waals surface area contributed by atoms with Gasteiger partial charge in [0.25, 0.3) is 5.91 Å². The molecule has 0 bridgehead atoms. The van der Waals surface area contributed by atoms with E-state index in [4.69, 9.17) is 14.2 Å². The van der Waals surface area contributed by atoms with Crippen LogP contribution in [0, 0.1) is 5.92 Å². The molecule has 1 saturated heterocycles. The third-order valence-corrected chi connectivity index (χ3v) is 5.86. The lowest BCUT2D eigenvalue weighted by molar-refractivity contribution is -0.147. The highest BCUT2D eigenvalue weighted by Crippen LogP contribution is 2.38. The molecule has 1 aromatic rings. The molecule has 1 aliphatic carbocycles. The lowest BCUT2D eigenvalue weighted by Gasteiger charge is -2.36. The Morgan fingerprint density at radius 3 is 2.63 bits per heavy atom. The maximum Gasteiger partial charge on any atom is 0.326 e. The van der Waals surface area contributed by atoms with E-state index < -0.39 is 42.4 Å². The minimum absolute atomic E-state index is 0.00663. The molecular weight excluding hydrogens is 392 g/mol. The summed E-state index contributed by atoms with van der Waals surface area (Å²) in [6.45, 7) is 0.860. The van der Waals surface area contributed by atoms with Crippen LogP contribution in [0.15, 0.2) is 18.2 Å². The van der Waals surface area contributed by atoms with Crippen molar-refractivity contribution in [2.24, 2.45) is 5.92 Å². The van der Waals surface area contributed by atoms with Gasteiger partial charge in [0, 0.05) is 6.07 Å². The molecule has 0 unspecified atom stereocenters. The van der Waals surface area contributed by atoms with Crippen molar-refractivity contribution in [2.75, 3.05) is 27.4 Å². The summed E-state index contributed by atoms with van der Waals surface area (Å²) in [4.78, 5) is 50.7. The summed E-state index contributed by atoms with van der Waals surface area (Å²) < 4.78 is 15.3. The molecule has 1 heterocycles. The number of nitrogens with one attached hydrogen (secondary N) is 1. The molecular formula is C21H26N2O7. The van der Waals surface area contributed by atoms with Crippen molar-refractivity contribution < 1.29 is 33.4 Å². The Morgan fingerprint density at radius 2 is 1.97 bits per heavy atom. The average Bonchev–Trinajstić information content (AvgIpc) is 2.98. The predicted molar refractivity (Wildman–Crippen MR) is 105 cm³/mol. The Kier molecular flexibility index (Phi) is 6.28. The van der Waals surface area contributed by atoms with E-state index in [2.05, 4.69) is 5.32 Å². The molecule has 2 aliphatic rings. The van der Waals surface area contributed by atoms with Crippen LogP contribution in [0.25, 0.3) is 0 Å². The fourth-order valence-corrected chi connectivity index (χ4v) is 4.07. The maximum absolute atomic E-state index is 12.9. The summed E-state index contributed by atoms with van der Waals surface area (Å²) in [6, 6.07) is 4.05. The third-order valence-electron chi connectivity index (χ3n) is 5.86. The van der Waals surface area contributed by atoms with E-state index in [1.54, 1.807) is 12.1 Å². The van der Waals surface area contributed by atoms with Crippen molar-refractivity contribution in [3.63, 3.8) is 0 Å². The third kappa shape index (κ3) is 3.96. The van der Waals surface area contributed by atoms with Gasteiger partial charge < -0.3 is 19.5 Å². The van der Waals surface area contributed by atoms with Crippen LogP contribution in [0.1, 0.15) is 43.0 Å². The van der Waals surface area contributed by atoms with Crippen molar-refractivity contribution in [1.82, 2.24) is 10.2 Å². The van der Waals surface area contributed by atoms with Crippen molar-refractivity contribution in [1.29, 1.82) is 0 Å². The molecule has 3 rings (SSSR count). The number of carbonyl (C=O) groups is 4. The first-order valence-corrected chi connectivity index (χ1v) is 9.87. The lowest BCUT2D eigenvalue weighted by Crippen LogP contribution is -2.54. The van der Waals surface area contributed by atoms with Crippen molar-refractivity contribution in [3.05, 3.63) is 23.8 Å². The first-order valence-electron chi connectivity index (χ1n) is 9.87. The molecule has 0 radical (unpaired) electrons. The Hall–Kier alpha value is -3.10. The summed E-state index contributed by atoms with van der Waals surface area (Å²) >= 11 is 0. The summed E-state index contributed by atoms with van der Waals surface area (Å²) in [5.74, 6) is -0.910. The zero-order valence-corrected chi connectivity index (χ0v) is 17.4. The minimum atomic E-state index is -0.943. The first-order chi connectivity index (χ1) is 14.3. The van der Waals surface area contributed by atoms with Crippen LogP contribution in [0.4, 0.5) is 4.79 Å². The average molecular weight is 418 g/mol. The molecule has 30 heavy (non-hydrogen) atoms. The van der Waals surface area contributed by atoms with Crippen molar-refractivity contribution in [3.8, 4) is 11.5 Å². The van der Waals surface area contributed by atoms with Gasteiger partial charge in [0.1, 0.15) is 23.6 Å². The van der Waals surface area contributed by atoms with Gasteiger partial charge in [0.2, 0.25) is 5.78 Å². The summed E-state index contributed by atoms with van der Waals surface area (Å²) in [6.07, 6.45) is 3.24. The number of urea groups is 1. The van der Waals surface area contributed by atoms with E-state index >= 15 is 0 Å². The quantitative estimate of drug-likeness (QED) is 0.409. The van der Waals surface area contributed by atoms with Gasteiger partial charge in [-0.1, -0.05) is 19.8 Å². The number of benzene rings is 1. The normalized spacial score (nSPS) is 23.3. The van der Waals surface area contributed by atoms with Gasteiger partial charge in [-0.3, -0.25) is 19.3 Å². The number of esters is 1. The number of methoxy groups -OCH3 is 2. The molecule has 1 aliphatic heterocycles. The van der Waals surface area contributed by atoms with Gasteiger partial charge in [0.05, 0.1) is 19.8 Å². The number of nitrogens with zero attached hydrogens (tertiary/aromatic N) is 1. The number of ketones is 1. The van der Waals surface area contributed by atoms with Crippen LogP contribution in [-0.2, 0) is 14.3 Å². The number of hydrogen-bond acceptors (Lipinski definition) is 7. The Balaban J connectivity index is 1.60. The first kappa shape index (κ1) is 21.6. The molecule has 0 aromatic heterocycles. The van der Waals surface area contributed by atoms with Gasteiger partial charge in [-0.2, -0.15) is 0 Å². The second kappa shape index (κ2) is 8.73. The Labute approximate surface area is 174 Å². The topological polar surface area (TPSA) is 111 Å². The Bertz CT molecular complexity index is 869. The lowest BCUT2D eigenvalue weighted by atomic mass is 9.73. The molecule has 1 spiro atoms. The minimum Gasteiger partial charge on any atom is -0.497 e. The summed E-state index contributed by atoms with van der Waals surface area (Å²) in [5, 5.41) is 2.78. The number of amides is 3. The van der Waals surface area contributed by atoms with E-state index in [0.29, 0.717) is 12.2 Å². The van der Waals surface area contributed by atoms with Crippen LogP contribution in [0.3, 0.4) is 0 Å². The van der Waals surface area contributed by atoms with Crippen molar-refractivity contribution >= 4 is 23.7 Å². The molecule has 162 valence electrons. The van der Waals surface area contributed by atoms with Crippen LogP contribution in [-0.4, -0.2) is 61.5 Å². The highest BCUT2D eigenvalue weighted by atomic mass is 16.5. The predicted octanol–water partition coefficient (Wildman–Crippen LogP) is 1.93. The standard InChI is InChI=1S/C21H26N2O7/c1-13-6-4-5-9-21(13)19(26)23(20(27)22-21)11-18(25)30-12-16(24)15-8-7-14(28-2)10-17(15)29-3/h7-8,10,13H,4-6,9,11-12H2,1-3H3,(H,22,27)/t13-,21-/m1/s1. The van der Waals surface area contributed by atoms with Crippen molar-refractivity contribution in [2.45, 2.75) is 38.1 Å². The van der Waals surface area contributed by atoms with E-state index in [9.17, 15) is 19.2 Å². The fraction of sp³-hybridized carbons (Fsp3) is 0.524. The number of hydrogen-bond donors (Lipinski definition) is 1. The highest BCUT2D eigenvalue weighted by molar-refractivity contribution is 6.09. The number of Topliss-reactive ketones (excluding diaryl/α,β-unsaturated/α-hetero) is 1. The smallest absolute Gasteiger partial charge is 0.326 e. The number of ether oxygens (including phenoxy) is 3. The van der Waals surface area contributed by atoms with Crippen LogP contribution in [0.2, 0.25) is 0 Å².